The van der Waals surface area contributed by atoms with E-state index in [1.165, 1.54) is 23.1 Å². The molecule has 1 aromatic carbocycles. The van der Waals surface area contributed by atoms with Crippen LogP contribution in [-0.2, 0) is 4.79 Å². The Morgan fingerprint density at radius 1 is 1.24 bits per heavy atom. The summed E-state index contributed by atoms with van der Waals surface area (Å²) in [5, 5.41) is 10.6. The highest BCUT2D eigenvalue weighted by Crippen LogP contribution is 2.33. The Balaban J connectivity index is 1.27. The molecule has 184 valence electrons. The zero-order chi connectivity index (χ0) is 24.1. The van der Waals surface area contributed by atoms with Gasteiger partial charge in [0.2, 0.25) is 5.91 Å². The van der Waals surface area contributed by atoms with Gasteiger partial charge in [0, 0.05) is 68.9 Å². The number of carboxylic acids is 1. The fourth-order valence-electron chi connectivity index (χ4n) is 4.46. The molecule has 3 heterocycles. The van der Waals surface area contributed by atoms with Gasteiger partial charge in [0.05, 0.1) is 19.9 Å². The van der Waals surface area contributed by atoms with Crippen molar-refractivity contribution >= 4 is 40.7 Å². The number of carbonyl (C=O) groups excluding carboxylic acids is 1. The van der Waals surface area contributed by atoms with Gasteiger partial charge < -0.3 is 24.4 Å². The molecule has 4 rings (SSSR count). The summed E-state index contributed by atoms with van der Waals surface area (Å²) >= 11 is 2.84. The van der Waals surface area contributed by atoms with Gasteiger partial charge in [-0.3, -0.25) is 9.69 Å². The Morgan fingerprint density at radius 2 is 2.03 bits per heavy atom. The van der Waals surface area contributed by atoms with Crippen molar-refractivity contribution in [2.45, 2.75) is 23.2 Å². The highest BCUT2D eigenvalue weighted by Gasteiger charge is 2.33. The van der Waals surface area contributed by atoms with E-state index in [0.29, 0.717) is 18.7 Å². The maximum absolute atomic E-state index is 12.5. The zero-order valence-electron chi connectivity index (χ0n) is 19.4. The lowest BCUT2D eigenvalue weighted by Gasteiger charge is -2.38. The smallest absolute Gasteiger partial charge is 0.355 e. The van der Waals surface area contributed by atoms with E-state index in [1.54, 1.807) is 19.6 Å². The lowest BCUT2D eigenvalue weighted by atomic mass is 10.1. The summed E-state index contributed by atoms with van der Waals surface area (Å²) in [6.07, 6.45) is 1.48. The van der Waals surface area contributed by atoms with Crippen LogP contribution in [0, 0.1) is 0 Å². The summed E-state index contributed by atoms with van der Waals surface area (Å²) in [5.41, 5.74) is 1.15. The van der Waals surface area contributed by atoms with E-state index >= 15 is 0 Å². The van der Waals surface area contributed by atoms with Gasteiger partial charge in [0.1, 0.15) is 11.5 Å². The van der Waals surface area contributed by atoms with Crippen LogP contribution >= 0.6 is 23.1 Å². The van der Waals surface area contributed by atoms with E-state index in [2.05, 4.69) is 14.8 Å². The molecule has 0 radical (unpaired) electrons. The molecule has 0 saturated carbocycles. The van der Waals surface area contributed by atoms with Crippen LogP contribution in [0.25, 0.3) is 0 Å². The van der Waals surface area contributed by atoms with E-state index in [4.69, 9.17) is 14.6 Å². The number of aromatic nitrogens is 1. The van der Waals surface area contributed by atoms with Crippen molar-refractivity contribution in [1.29, 1.82) is 0 Å². The van der Waals surface area contributed by atoms with Crippen molar-refractivity contribution in [1.82, 2.24) is 14.8 Å². The average molecular weight is 507 g/mol. The predicted octanol–water partition coefficient (Wildman–Crippen LogP) is 2.76. The number of aromatic carboxylic acids is 1. The Labute approximate surface area is 207 Å². The molecule has 9 nitrogen and oxygen atoms in total. The topological polar surface area (TPSA) is 95.4 Å². The largest absolute Gasteiger partial charge is 0.497 e. The Morgan fingerprint density at radius 3 is 2.71 bits per heavy atom. The molecule has 2 fully saturated rings. The first-order valence-corrected chi connectivity index (χ1v) is 13.2. The van der Waals surface area contributed by atoms with Crippen LogP contribution in [0.5, 0.6) is 11.5 Å². The van der Waals surface area contributed by atoms with Crippen LogP contribution in [0.3, 0.4) is 0 Å². The summed E-state index contributed by atoms with van der Waals surface area (Å²) in [7, 11) is 3.33. The molecule has 2 aromatic rings. The molecule has 1 atom stereocenters. The van der Waals surface area contributed by atoms with Gasteiger partial charge in [-0.1, -0.05) is 11.8 Å². The highest BCUT2D eigenvalue weighted by molar-refractivity contribution is 8.01. The molecule has 1 unspecified atom stereocenters. The average Bonchev–Trinajstić information content (AvgIpc) is 3.47. The van der Waals surface area contributed by atoms with Crippen molar-refractivity contribution in [2.24, 2.45) is 0 Å². The summed E-state index contributed by atoms with van der Waals surface area (Å²) in [6.45, 7) is 5.19. The molecule has 2 aliphatic heterocycles. The number of likely N-dealkylation sites (tertiary alicyclic amines) is 1. The first kappa shape index (κ1) is 24.6. The summed E-state index contributed by atoms with van der Waals surface area (Å²) < 4.78 is 11.6. The van der Waals surface area contributed by atoms with Crippen LogP contribution in [0.4, 0.5) is 5.69 Å². The van der Waals surface area contributed by atoms with Gasteiger partial charge in [-0.05, 0) is 18.6 Å². The van der Waals surface area contributed by atoms with Crippen LogP contribution in [0.1, 0.15) is 23.3 Å². The number of rotatable bonds is 10. The van der Waals surface area contributed by atoms with Gasteiger partial charge in [-0.25, -0.2) is 9.78 Å². The van der Waals surface area contributed by atoms with Crippen molar-refractivity contribution in [3.63, 3.8) is 0 Å². The molecule has 0 spiro atoms. The molecule has 2 saturated heterocycles. The third kappa shape index (κ3) is 5.76. The second-order valence-corrected chi connectivity index (χ2v) is 10.5. The number of thiazole rings is 1. The minimum absolute atomic E-state index is 0.0778. The number of benzene rings is 1. The van der Waals surface area contributed by atoms with Crippen LogP contribution in [0.15, 0.2) is 27.9 Å². The van der Waals surface area contributed by atoms with Gasteiger partial charge in [-0.2, -0.15) is 0 Å². The first-order valence-electron chi connectivity index (χ1n) is 11.3. The van der Waals surface area contributed by atoms with E-state index < -0.39 is 5.97 Å². The number of carbonyl (C=O) groups is 2. The third-order valence-electron chi connectivity index (χ3n) is 6.28. The first-order chi connectivity index (χ1) is 16.5. The number of carboxylic acid groups (broad SMARTS) is 1. The Hall–Kier alpha value is -2.50. The van der Waals surface area contributed by atoms with Crippen molar-refractivity contribution < 1.29 is 24.2 Å². The summed E-state index contributed by atoms with van der Waals surface area (Å²) in [5.74, 6) is 1.50. The molecule has 34 heavy (non-hydrogen) atoms. The van der Waals surface area contributed by atoms with E-state index in [9.17, 15) is 9.59 Å². The molecule has 1 aromatic heterocycles. The number of nitrogens with zero attached hydrogens (tertiary/aromatic N) is 4. The standard InChI is InChI=1S/C23H30N4O5S2/c1-31-17-4-5-19(20(13-17)32-2)26-9-7-25(8-10-26)14-16-3-6-21(28)27(16)11-12-33-23-24-18(15-34-23)22(29)30/h4-5,13,15-16H,3,6-12,14H2,1-2H3,(H,29,30). The highest BCUT2D eigenvalue weighted by atomic mass is 32.2. The van der Waals surface area contributed by atoms with Gasteiger partial charge in [-0.15, -0.1) is 11.3 Å². The molecule has 0 bridgehead atoms. The lowest BCUT2D eigenvalue weighted by Crippen LogP contribution is -2.51. The molecule has 2 aliphatic rings. The monoisotopic (exact) mass is 506 g/mol. The number of ether oxygens (including phenoxy) is 2. The molecule has 1 amide bonds. The van der Waals surface area contributed by atoms with E-state index in [-0.39, 0.29) is 17.6 Å². The molecule has 0 aliphatic carbocycles. The lowest BCUT2D eigenvalue weighted by molar-refractivity contribution is -0.128. The summed E-state index contributed by atoms with van der Waals surface area (Å²) in [4.78, 5) is 34.4. The van der Waals surface area contributed by atoms with Crippen molar-refractivity contribution in [3.05, 3.63) is 29.3 Å². The fraction of sp³-hybridized carbons (Fsp3) is 0.522. The summed E-state index contributed by atoms with van der Waals surface area (Å²) in [6, 6.07) is 6.14. The van der Waals surface area contributed by atoms with Crippen LogP contribution in [0.2, 0.25) is 0 Å². The molecule has 1 N–H and O–H groups in total. The Kier molecular flexibility index (Phi) is 8.17. The zero-order valence-corrected chi connectivity index (χ0v) is 21.1. The number of thioether (sulfide) groups is 1. The van der Waals surface area contributed by atoms with Gasteiger partial charge in [0.15, 0.2) is 10.0 Å². The number of piperazine rings is 1. The maximum Gasteiger partial charge on any atom is 0.355 e. The number of hydrogen-bond donors (Lipinski definition) is 1. The minimum Gasteiger partial charge on any atom is -0.497 e. The number of methoxy groups -OCH3 is 2. The van der Waals surface area contributed by atoms with E-state index in [0.717, 1.165) is 60.7 Å². The molecular formula is C23H30N4O5S2. The van der Waals surface area contributed by atoms with Crippen molar-refractivity contribution in [2.75, 3.05) is 64.1 Å². The quantitative estimate of drug-likeness (QED) is 0.488. The minimum atomic E-state index is -1.01. The third-order valence-corrected chi connectivity index (χ3v) is 8.28. The van der Waals surface area contributed by atoms with E-state index in [1.807, 2.05) is 23.1 Å². The van der Waals surface area contributed by atoms with Crippen molar-refractivity contribution in [3.8, 4) is 11.5 Å². The van der Waals surface area contributed by atoms with Gasteiger partial charge in [0.25, 0.3) is 0 Å². The molecule has 11 heteroatoms. The fourth-order valence-corrected chi connectivity index (χ4v) is 6.27. The van der Waals surface area contributed by atoms with Crippen LogP contribution in [-0.4, -0.2) is 97.0 Å². The maximum atomic E-state index is 12.5. The van der Waals surface area contributed by atoms with Crippen LogP contribution < -0.4 is 14.4 Å². The molecular weight excluding hydrogens is 476 g/mol. The number of anilines is 1. The number of amides is 1. The number of hydrogen-bond acceptors (Lipinski definition) is 9. The second kappa shape index (κ2) is 11.3. The Bertz CT molecular complexity index is 1010. The predicted molar refractivity (Wildman–Crippen MR) is 133 cm³/mol. The normalized spacial score (nSPS) is 19.0. The SMILES string of the molecule is COc1ccc(N2CCN(CC3CCC(=O)N3CCSc3nc(C(=O)O)cs3)CC2)c(OC)c1. The second-order valence-electron chi connectivity index (χ2n) is 8.26. The van der Waals surface area contributed by atoms with Gasteiger partial charge >= 0.3 is 5.97 Å².